The number of nitrogens with one attached hydrogen (secondary N) is 1. The molecule has 0 aromatic heterocycles. The van der Waals surface area contributed by atoms with Crippen molar-refractivity contribution in [2.45, 2.75) is 13.3 Å². The van der Waals surface area contributed by atoms with Crippen molar-refractivity contribution in [1.82, 2.24) is 15.1 Å². The quantitative estimate of drug-likeness (QED) is 0.669. The molecule has 0 spiro atoms. The Hall–Kier alpha value is -1.81. The number of aliphatic imine (C=N–C) groups is 1. The van der Waals surface area contributed by atoms with Crippen molar-refractivity contribution in [3.8, 4) is 0 Å². The van der Waals surface area contributed by atoms with Gasteiger partial charge < -0.3 is 10.2 Å². The Morgan fingerprint density at radius 2 is 1.91 bits per heavy atom. The SMILES string of the molecule is CCCNC(=NC)N1CCN(C/C=C/c2ccccc2)CC1. The van der Waals surface area contributed by atoms with Crippen molar-refractivity contribution in [2.75, 3.05) is 46.3 Å². The van der Waals surface area contributed by atoms with E-state index in [4.69, 9.17) is 0 Å². The highest BCUT2D eigenvalue weighted by Crippen LogP contribution is 2.05. The molecule has 1 aromatic carbocycles. The van der Waals surface area contributed by atoms with Crippen LogP contribution in [0.4, 0.5) is 0 Å². The smallest absolute Gasteiger partial charge is 0.193 e. The van der Waals surface area contributed by atoms with E-state index < -0.39 is 0 Å². The molecule has 22 heavy (non-hydrogen) atoms. The molecule has 1 saturated heterocycles. The lowest BCUT2D eigenvalue weighted by Gasteiger charge is -2.36. The summed E-state index contributed by atoms with van der Waals surface area (Å²) in [7, 11) is 1.87. The van der Waals surface area contributed by atoms with E-state index in [0.29, 0.717) is 0 Å². The van der Waals surface area contributed by atoms with Gasteiger partial charge in [-0.1, -0.05) is 49.4 Å². The second kappa shape index (κ2) is 9.26. The Bertz CT molecular complexity index is 473. The molecule has 0 unspecified atom stereocenters. The number of hydrogen-bond donors (Lipinski definition) is 1. The van der Waals surface area contributed by atoms with Gasteiger partial charge in [0, 0.05) is 46.3 Å². The minimum absolute atomic E-state index is 0.993. The summed E-state index contributed by atoms with van der Waals surface area (Å²) in [6.45, 7) is 8.46. The Morgan fingerprint density at radius 3 is 2.55 bits per heavy atom. The first-order chi connectivity index (χ1) is 10.8. The predicted octanol–water partition coefficient (Wildman–Crippen LogP) is 2.30. The highest BCUT2D eigenvalue weighted by molar-refractivity contribution is 5.79. The van der Waals surface area contributed by atoms with Gasteiger partial charge in [-0.2, -0.15) is 0 Å². The fourth-order valence-electron chi connectivity index (χ4n) is 2.61. The highest BCUT2D eigenvalue weighted by Gasteiger charge is 2.18. The van der Waals surface area contributed by atoms with Gasteiger partial charge in [0.1, 0.15) is 0 Å². The van der Waals surface area contributed by atoms with Crippen LogP contribution in [0.25, 0.3) is 6.08 Å². The normalized spacial score (nSPS) is 17.2. The van der Waals surface area contributed by atoms with Crippen molar-refractivity contribution in [2.24, 2.45) is 4.99 Å². The molecule has 1 aromatic rings. The van der Waals surface area contributed by atoms with Gasteiger partial charge in [0.05, 0.1) is 0 Å². The van der Waals surface area contributed by atoms with Crippen molar-refractivity contribution >= 4 is 12.0 Å². The van der Waals surface area contributed by atoms with Gasteiger partial charge in [-0.25, -0.2) is 0 Å². The van der Waals surface area contributed by atoms with Crippen LogP contribution in [0.5, 0.6) is 0 Å². The van der Waals surface area contributed by atoms with Gasteiger partial charge in [0.2, 0.25) is 0 Å². The summed E-state index contributed by atoms with van der Waals surface area (Å²) in [5.74, 6) is 1.04. The van der Waals surface area contributed by atoms with E-state index in [1.807, 2.05) is 7.05 Å². The predicted molar refractivity (Wildman–Crippen MR) is 95.1 cm³/mol. The van der Waals surface area contributed by atoms with E-state index >= 15 is 0 Å². The molecule has 1 fully saturated rings. The third kappa shape index (κ3) is 5.19. The van der Waals surface area contributed by atoms with Crippen LogP contribution < -0.4 is 5.32 Å². The molecule has 1 N–H and O–H groups in total. The van der Waals surface area contributed by atoms with Gasteiger partial charge in [-0.15, -0.1) is 0 Å². The van der Waals surface area contributed by atoms with E-state index in [0.717, 1.165) is 51.6 Å². The van der Waals surface area contributed by atoms with E-state index in [1.165, 1.54) is 5.56 Å². The maximum atomic E-state index is 4.38. The third-order valence-corrected chi connectivity index (χ3v) is 3.89. The number of nitrogens with zero attached hydrogens (tertiary/aromatic N) is 3. The summed E-state index contributed by atoms with van der Waals surface area (Å²) in [5.41, 5.74) is 1.27. The first-order valence-electron chi connectivity index (χ1n) is 8.23. The zero-order valence-corrected chi connectivity index (χ0v) is 13.8. The molecule has 0 radical (unpaired) electrons. The van der Waals surface area contributed by atoms with Crippen LogP contribution >= 0.6 is 0 Å². The highest BCUT2D eigenvalue weighted by atomic mass is 15.3. The number of rotatable bonds is 5. The van der Waals surface area contributed by atoms with Crippen LogP contribution in [0.2, 0.25) is 0 Å². The molecular weight excluding hydrogens is 272 g/mol. The molecule has 120 valence electrons. The van der Waals surface area contributed by atoms with Crippen LogP contribution in [0, 0.1) is 0 Å². The van der Waals surface area contributed by atoms with Crippen molar-refractivity contribution < 1.29 is 0 Å². The lowest BCUT2D eigenvalue weighted by molar-refractivity contribution is 0.194. The van der Waals surface area contributed by atoms with Crippen LogP contribution in [-0.4, -0.2) is 62.1 Å². The summed E-state index contributed by atoms with van der Waals surface area (Å²) < 4.78 is 0. The maximum absolute atomic E-state index is 4.38. The average molecular weight is 300 g/mol. The molecule has 1 aliphatic rings. The monoisotopic (exact) mass is 300 g/mol. The molecular formula is C18H28N4. The molecule has 0 aliphatic carbocycles. The largest absolute Gasteiger partial charge is 0.356 e. The Labute approximate surface area is 134 Å². The summed E-state index contributed by atoms with van der Waals surface area (Å²) in [6, 6.07) is 10.5. The van der Waals surface area contributed by atoms with Crippen LogP contribution in [-0.2, 0) is 0 Å². The fraction of sp³-hybridized carbons (Fsp3) is 0.500. The summed E-state index contributed by atoms with van der Waals surface area (Å²) in [5, 5.41) is 3.41. The maximum Gasteiger partial charge on any atom is 0.193 e. The topological polar surface area (TPSA) is 30.9 Å². The summed E-state index contributed by atoms with van der Waals surface area (Å²) in [4.78, 5) is 9.22. The zero-order valence-electron chi connectivity index (χ0n) is 13.8. The average Bonchev–Trinajstić information content (AvgIpc) is 2.58. The number of guanidine groups is 1. The van der Waals surface area contributed by atoms with Crippen LogP contribution in [0.1, 0.15) is 18.9 Å². The summed E-state index contributed by atoms with van der Waals surface area (Å²) >= 11 is 0. The molecule has 0 atom stereocenters. The second-order valence-electron chi connectivity index (χ2n) is 5.57. The number of piperazine rings is 1. The minimum atomic E-state index is 0.993. The molecule has 0 saturated carbocycles. The Kier molecular flexibility index (Phi) is 6.97. The van der Waals surface area contributed by atoms with Crippen molar-refractivity contribution in [1.29, 1.82) is 0 Å². The van der Waals surface area contributed by atoms with Crippen LogP contribution in [0.3, 0.4) is 0 Å². The van der Waals surface area contributed by atoms with Gasteiger partial charge in [0.15, 0.2) is 5.96 Å². The fourth-order valence-corrected chi connectivity index (χ4v) is 2.61. The molecule has 1 aliphatic heterocycles. The van der Waals surface area contributed by atoms with E-state index in [1.54, 1.807) is 0 Å². The zero-order chi connectivity index (χ0) is 15.6. The lowest BCUT2D eigenvalue weighted by atomic mass is 10.2. The standard InChI is InChI=1S/C18H28N4/c1-3-11-20-18(19-2)22-15-13-21(14-16-22)12-7-10-17-8-5-4-6-9-17/h4-10H,3,11-16H2,1-2H3,(H,19,20)/b10-7+. The van der Waals surface area contributed by atoms with E-state index in [-0.39, 0.29) is 0 Å². The second-order valence-corrected chi connectivity index (χ2v) is 5.57. The molecule has 0 bridgehead atoms. The molecule has 4 nitrogen and oxygen atoms in total. The van der Waals surface area contributed by atoms with Gasteiger partial charge in [0.25, 0.3) is 0 Å². The van der Waals surface area contributed by atoms with Gasteiger partial charge >= 0.3 is 0 Å². The molecule has 2 rings (SSSR count). The van der Waals surface area contributed by atoms with Gasteiger partial charge in [-0.05, 0) is 12.0 Å². The molecule has 4 heteroatoms. The van der Waals surface area contributed by atoms with Crippen LogP contribution in [0.15, 0.2) is 41.4 Å². The molecule has 0 amide bonds. The number of benzene rings is 1. The van der Waals surface area contributed by atoms with E-state index in [2.05, 4.69) is 69.5 Å². The number of hydrogen-bond acceptors (Lipinski definition) is 2. The third-order valence-electron chi connectivity index (χ3n) is 3.89. The lowest BCUT2D eigenvalue weighted by Crippen LogP contribution is -2.52. The first-order valence-corrected chi connectivity index (χ1v) is 8.23. The van der Waals surface area contributed by atoms with E-state index in [9.17, 15) is 0 Å². The minimum Gasteiger partial charge on any atom is -0.356 e. The molecule has 1 heterocycles. The van der Waals surface area contributed by atoms with Crippen molar-refractivity contribution in [3.63, 3.8) is 0 Å². The first kappa shape index (κ1) is 16.6. The van der Waals surface area contributed by atoms with Gasteiger partial charge in [-0.3, -0.25) is 9.89 Å². The van der Waals surface area contributed by atoms with Crippen molar-refractivity contribution in [3.05, 3.63) is 42.0 Å². The Balaban J connectivity index is 1.74. The summed E-state index contributed by atoms with van der Waals surface area (Å²) in [6.07, 6.45) is 5.59. The Morgan fingerprint density at radius 1 is 1.18 bits per heavy atom.